The number of aliphatic imine (C=N–C) groups is 1. The number of H-pyrrole nitrogens is 1. The quantitative estimate of drug-likeness (QED) is 0.335. The van der Waals surface area contributed by atoms with Crippen LogP contribution >= 0.6 is 11.6 Å². The summed E-state index contributed by atoms with van der Waals surface area (Å²) in [7, 11) is 0. The largest absolute Gasteiger partial charge is 0.382 e. The van der Waals surface area contributed by atoms with Crippen LogP contribution in [0.4, 0.5) is 10.1 Å². The second kappa shape index (κ2) is 7.86. The van der Waals surface area contributed by atoms with Crippen molar-refractivity contribution in [1.29, 1.82) is 0 Å². The summed E-state index contributed by atoms with van der Waals surface area (Å²) in [6.07, 6.45) is 4.19. The van der Waals surface area contributed by atoms with Gasteiger partial charge in [0.05, 0.1) is 17.0 Å². The van der Waals surface area contributed by atoms with Crippen molar-refractivity contribution in [2.75, 3.05) is 6.54 Å². The molecule has 0 spiro atoms. The number of imidazole rings is 1. The van der Waals surface area contributed by atoms with Crippen molar-refractivity contribution in [1.82, 2.24) is 25.6 Å². The third-order valence-electron chi connectivity index (χ3n) is 3.37. The number of hydrogen-bond donors (Lipinski definition) is 3. The predicted octanol–water partition coefficient (Wildman–Crippen LogP) is 1.95. The molecule has 4 N–H and O–H groups in total. The van der Waals surface area contributed by atoms with E-state index in [1.165, 1.54) is 18.2 Å². The number of halogens is 2. The molecule has 25 heavy (non-hydrogen) atoms. The fourth-order valence-electron chi connectivity index (χ4n) is 2.11. The molecule has 0 unspecified atom stereocenters. The normalized spacial score (nSPS) is 11.8. The van der Waals surface area contributed by atoms with E-state index in [1.807, 2.05) is 0 Å². The SMILES string of the molecule is NC(=Nc1ccc(F)c(Cl)c1)c1nonc1CNCCc1cnc[nH]1. The van der Waals surface area contributed by atoms with Gasteiger partial charge in [0.1, 0.15) is 11.5 Å². The van der Waals surface area contributed by atoms with Crippen LogP contribution in [0.5, 0.6) is 0 Å². The average Bonchev–Trinajstić information content (AvgIpc) is 3.26. The lowest BCUT2D eigenvalue weighted by molar-refractivity contribution is 0.301. The van der Waals surface area contributed by atoms with Crippen molar-refractivity contribution in [3.63, 3.8) is 0 Å². The number of aromatic nitrogens is 4. The van der Waals surface area contributed by atoms with Crippen LogP contribution in [0.1, 0.15) is 17.1 Å². The van der Waals surface area contributed by atoms with Crippen LogP contribution in [0.3, 0.4) is 0 Å². The van der Waals surface area contributed by atoms with Gasteiger partial charge < -0.3 is 16.0 Å². The van der Waals surface area contributed by atoms with E-state index in [1.54, 1.807) is 12.5 Å². The number of amidine groups is 1. The van der Waals surface area contributed by atoms with Gasteiger partial charge >= 0.3 is 0 Å². The molecule has 0 aliphatic rings. The zero-order valence-electron chi connectivity index (χ0n) is 13.0. The van der Waals surface area contributed by atoms with Gasteiger partial charge in [0.15, 0.2) is 11.5 Å². The van der Waals surface area contributed by atoms with Gasteiger partial charge in [0, 0.05) is 31.4 Å². The van der Waals surface area contributed by atoms with Crippen LogP contribution < -0.4 is 11.1 Å². The van der Waals surface area contributed by atoms with Crippen LogP contribution in [0.2, 0.25) is 5.02 Å². The Hall–Kier alpha value is -2.78. The lowest BCUT2D eigenvalue weighted by Gasteiger charge is -2.03. The van der Waals surface area contributed by atoms with Crippen LogP contribution in [0.25, 0.3) is 0 Å². The molecule has 0 radical (unpaired) electrons. The van der Waals surface area contributed by atoms with E-state index in [-0.39, 0.29) is 10.9 Å². The second-order valence-electron chi connectivity index (χ2n) is 5.16. The lowest BCUT2D eigenvalue weighted by atomic mass is 10.2. The lowest BCUT2D eigenvalue weighted by Crippen LogP contribution is -2.21. The van der Waals surface area contributed by atoms with Crippen molar-refractivity contribution >= 4 is 23.1 Å². The number of aromatic amines is 1. The smallest absolute Gasteiger partial charge is 0.174 e. The first-order valence-corrected chi connectivity index (χ1v) is 7.80. The fourth-order valence-corrected chi connectivity index (χ4v) is 2.29. The molecule has 0 aliphatic carbocycles. The Kier molecular flexibility index (Phi) is 5.36. The number of benzene rings is 1. The summed E-state index contributed by atoms with van der Waals surface area (Å²) >= 11 is 5.73. The molecule has 0 atom stereocenters. The van der Waals surface area contributed by atoms with Crippen LogP contribution in [-0.4, -0.2) is 32.7 Å². The van der Waals surface area contributed by atoms with Gasteiger partial charge in [0.2, 0.25) is 0 Å². The molecule has 0 saturated carbocycles. The zero-order valence-corrected chi connectivity index (χ0v) is 13.8. The molecule has 3 rings (SSSR count). The molecule has 1 aromatic carbocycles. The highest BCUT2D eigenvalue weighted by Crippen LogP contribution is 2.22. The zero-order chi connectivity index (χ0) is 17.6. The molecule has 0 fully saturated rings. The van der Waals surface area contributed by atoms with E-state index < -0.39 is 5.82 Å². The van der Waals surface area contributed by atoms with E-state index in [0.29, 0.717) is 30.2 Å². The summed E-state index contributed by atoms with van der Waals surface area (Å²) in [4.78, 5) is 11.1. The molecule has 8 nitrogen and oxygen atoms in total. The Labute approximate surface area is 147 Å². The van der Waals surface area contributed by atoms with E-state index in [9.17, 15) is 4.39 Å². The van der Waals surface area contributed by atoms with E-state index in [0.717, 1.165) is 12.1 Å². The van der Waals surface area contributed by atoms with E-state index in [4.69, 9.17) is 22.0 Å². The van der Waals surface area contributed by atoms with Gasteiger partial charge in [0.25, 0.3) is 0 Å². The first-order chi connectivity index (χ1) is 12.1. The van der Waals surface area contributed by atoms with Crippen molar-refractivity contribution in [2.45, 2.75) is 13.0 Å². The third-order valence-corrected chi connectivity index (χ3v) is 3.66. The fraction of sp³-hybridized carbons (Fsp3) is 0.200. The Balaban J connectivity index is 1.63. The number of rotatable bonds is 7. The number of nitrogens with two attached hydrogens (primary N) is 1. The summed E-state index contributed by atoms with van der Waals surface area (Å²) in [6.45, 7) is 1.12. The maximum Gasteiger partial charge on any atom is 0.174 e. The molecule has 3 aromatic rings. The molecule has 0 saturated heterocycles. The number of hydrogen-bond acceptors (Lipinski definition) is 6. The minimum absolute atomic E-state index is 0.0342. The minimum Gasteiger partial charge on any atom is -0.382 e. The molecule has 2 aromatic heterocycles. The van der Waals surface area contributed by atoms with Crippen LogP contribution in [0, 0.1) is 5.82 Å². The standard InChI is InChI=1S/C15H15ClFN7O/c16-11-5-9(1-2-12(11)17)22-15(18)14-13(23-25-24-14)7-19-4-3-10-6-20-8-21-10/h1-2,5-6,8,19H,3-4,7H2,(H2,18,22)(H,20,21). The topological polar surface area (TPSA) is 118 Å². The Bertz CT molecular complexity index is 863. The molecule has 0 aliphatic heterocycles. The van der Waals surface area contributed by atoms with Gasteiger partial charge in [-0.1, -0.05) is 16.8 Å². The molecular weight excluding hydrogens is 349 g/mol. The maximum atomic E-state index is 13.2. The first kappa shape index (κ1) is 17.1. The monoisotopic (exact) mass is 363 g/mol. The molecule has 10 heteroatoms. The van der Waals surface area contributed by atoms with Crippen LogP contribution in [0.15, 0.2) is 40.3 Å². The predicted molar refractivity (Wildman–Crippen MR) is 90.1 cm³/mol. The van der Waals surface area contributed by atoms with Crippen molar-refractivity contribution in [3.05, 3.63) is 58.6 Å². The van der Waals surface area contributed by atoms with Crippen molar-refractivity contribution in [3.8, 4) is 0 Å². The highest BCUT2D eigenvalue weighted by atomic mass is 35.5. The Morgan fingerprint density at radius 1 is 1.40 bits per heavy atom. The van der Waals surface area contributed by atoms with E-state index >= 15 is 0 Å². The number of nitrogens with one attached hydrogen (secondary N) is 2. The van der Waals surface area contributed by atoms with E-state index in [2.05, 4.69) is 30.6 Å². The first-order valence-electron chi connectivity index (χ1n) is 7.42. The molecule has 0 amide bonds. The van der Waals surface area contributed by atoms with Crippen LogP contribution in [-0.2, 0) is 13.0 Å². The third kappa shape index (κ3) is 4.40. The maximum absolute atomic E-state index is 13.2. The van der Waals surface area contributed by atoms with Gasteiger partial charge in [-0.2, -0.15) is 0 Å². The van der Waals surface area contributed by atoms with Crippen molar-refractivity contribution in [2.24, 2.45) is 10.7 Å². The summed E-state index contributed by atoms with van der Waals surface area (Å²) in [5.74, 6) is -0.418. The minimum atomic E-state index is -0.524. The highest BCUT2D eigenvalue weighted by molar-refractivity contribution is 6.31. The molecular formula is C15H15ClFN7O. The molecule has 130 valence electrons. The van der Waals surface area contributed by atoms with Gasteiger partial charge in [-0.3, -0.25) is 0 Å². The summed E-state index contributed by atoms with van der Waals surface area (Å²) in [5.41, 5.74) is 8.24. The highest BCUT2D eigenvalue weighted by Gasteiger charge is 2.14. The molecule has 2 heterocycles. The summed E-state index contributed by atoms with van der Waals surface area (Å²) in [6, 6.07) is 4.05. The average molecular weight is 364 g/mol. The van der Waals surface area contributed by atoms with Gasteiger partial charge in [-0.15, -0.1) is 0 Å². The molecule has 0 bridgehead atoms. The Morgan fingerprint density at radius 3 is 3.04 bits per heavy atom. The Morgan fingerprint density at radius 2 is 2.28 bits per heavy atom. The second-order valence-corrected chi connectivity index (χ2v) is 5.57. The van der Waals surface area contributed by atoms with Gasteiger partial charge in [-0.05, 0) is 23.4 Å². The summed E-state index contributed by atoms with van der Waals surface area (Å²) < 4.78 is 17.9. The van der Waals surface area contributed by atoms with Crippen molar-refractivity contribution < 1.29 is 9.02 Å². The van der Waals surface area contributed by atoms with Gasteiger partial charge in [-0.25, -0.2) is 19.0 Å². The number of nitrogens with zero attached hydrogens (tertiary/aromatic N) is 4. The summed E-state index contributed by atoms with van der Waals surface area (Å²) in [5, 5.41) is 10.8.